The molecule has 1 aromatic rings. The highest BCUT2D eigenvalue weighted by Crippen LogP contribution is 2.33. The topological polar surface area (TPSA) is 74.6 Å². The van der Waals surface area contributed by atoms with Crippen LogP contribution in [-0.2, 0) is 10.1 Å². The van der Waals surface area contributed by atoms with E-state index in [4.69, 9.17) is 4.55 Å². The van der Waals surface area contributed by atoms with Gasteiger partial charge in [0.2, 0.25) is 0 Å². The largest absolute Gasteiger partial charge is 0.506 e. The Bertz CT molecular complexity index is 474. The van der Waals surface area contributed by atoms with Crippen LogP contribution in [0.4, 0.5) is 0 Å². The van der Waals surface area contributed by atoms with Crippen LogP contribution in [0.5, 0.6) is 5.75 Å². The lowest BCUT2D eigenvalue weighted by Crippen LogP contribution is -2.03. The molecule has 0 bridgehead atoms. The minimum absolute atomic E-state index is 0.00824. The minimum Gasteiger partial charge on any atom is -0.506 e. The first-order valence-corrected chi connectivity index (χ1v) is 5.99. The van der Waals surface area contributed by atoms with Gasteiger partial charge in [-0.25, -0.2) is 0 Å². The summed E-state index contributed by atoms with van der Waals surface area (Å²) >= 11 is 0. The molecule has 1 rings (SSSR count). The molecule has 0 unspecified atom stereocenters. The maximum Gasteiger partial charge on any atom is 0.298 e. The Morgan fingerprint density at radius 2 is 1.80 bits per heavy atom. The van der Waals surface area contributed by atoms with Crippen molar-refractivity contribution in [2.45, 2.75) is 31.6 Å². The van der Waals surface area contributed by atoms with Crippen LogP contribution in [0.1, 0.15) is 30.9 Å². The van der Waals surface area contributed by atoms with E-state index in [1.54, 1.807) is 12.1 Å². The first kappa shape index (κ1) is 12.0. The molecule has 1 aromatic carbocycles. The van der Waals surface area contributed by atoms with Gasteiger partial charge in [0.25, 0.3) is 10.1 Å². The maximum absolute atomic E-state index is 11.0. The third-order valence-corrected chi connectivity index (χ3v) is 3.27. The predicted octanol–water partition coefficient (Wildman–Crippen LogP) is 2.07. The first-order chi connectivity index (χ1) is 6.75. The molecule has 2 N–H and O–H groups in total. The molecule has 15 heavy (non-hydrogen) atoms. The second kappa shape index (κ2) is 3.83. The van der Waals surface area contributed by atoms with Crippen LogP contribution in [0.25, 0.3) is 0 Å². The second-order valence-corrected chi connectivity index (χ2v) is 5.14. The third kappa shape index (κ3) is 2.30. The van der Waals surface area contributed by atoms with E-state index in [0.717, 1.165) is 0 Å². The quantitative estimate of drug-likeness (QED) is 0.763. The van der Waals surface area contributed by atoms with Crippen LogP contribution in [0.2, 0.25) is 0 Å². The molecule has 0 fully saturated rings. The zero-order valence-electron chi connectivity index (χ0n) is 8.85. The molecular formula is C10H14O4S. The van der Waals surface area contributed by atoms with Gasteiger partial charge >= 0.3 is 0 Å². The van der Waals surface area contributed by atoms with Gasteiger partial charge in [0.1, 0.15) is 10.6 Å². The Kier molecular flexibility index (Phi) is 3.06. The SMILES string of the molecule is Cc1ccc(C(C)C)c(O)c1S(=O)(=O)O. The molecule has 0 radical (unpaired) electrons. The van der Waals surface area contributed by atoms with Crippen molar-refractivity contribution in [3.63, 3.8) is 0 Å². The summed E-state index contributed by atoms with van der Waals surface area (Å²) in [4.78, 5) is -0.395. The van der Waals surface area contributed by atoms with E-state index in [2.05, 4.69) is 0 Å². The molecule has 0 aliphatic heterocycles. The molecule has 0 heterocycles. The molecule has 4 nitrogen and oxygen atoms in total. The Hall–Kier alpha value is -1.07. The standard InChI is InChI=1S/C10H14O4S/c1-6(2)8-5-4-7(3)10(9(8)11)15(12,13)14/h4-6,11H,1-3H3,(H,12,13,14). The van der Waals surface area contributed by atoms with Gasteiger partial charge in [0.15, 0.2) is 0 Å². The number of hydrogen-bond acceptors (Lipinski definition) is 3. The molecule has 5 heteroatoms. The molecule has 0 saturated carbocycles. The van der Waals surface area contributed by atoms with Crippen LogP contribution in [0, 0.1) is 6.92 Å². The normalized spacial score (nSPS) is 12.1. The number of hydrogen-bond donors (Lipinski definition) is 2. The summed E-state index contributed by atoms with van der Waals surface area (Å²) in [5.74, 6) is -0.362. The molecule has 0 atom stereocenters. The Morgan fingerprint density at radius 1 is 1.27 bits per heavy atom. The summed E-state index contributed by atoms with van der Waals surface area (Å²) in [6.07, 6.45) is 0. The van der Waals surface area contributed by atoms with Crippen molar-refractivity contribution < 1.29 is 18.1 Å². The van der Waals surface area contributed by atoms with Gasteiger partial charge in [-0.3, -0.25) is 4.55 Å². The van der Waals surface area contributed by atoms with E-state index >= 15 is 0 Å². The van der Waals surface area contributed by atoms with Crippen LogP contribution in [-0.4, -0.2) is 18.1 Å². The number of phenols is 1. The first-order valence-electron chi connectivity index (χ1n) is 4.55. The van der Waals surface area contributed by atoms with E-state index in [-0.39, 0.29) is 11.7 Å². The smallest absolute Gasteiger partial charge is 0.298 e. The molecular weight excluding hydrogens is 216 g/mol. The highest BCUT2D eigenvalue weighted by molar-refractivity contribution is 7.86. The molecule has 0 aliphatic carbocycles. The average molecular weight is 230 g/mol. The average Bonchev–Trinajstić information content (AvgIpc) is 2.00. The van der Waals surface area contributed by atoms with Crippen LogP contribution in [0.15, 0.2) is 17.0 Å². The van der Waals surface area contributed by atoms with Gasteiger partial charge in [0.05, 0.1) is 0 Å². The summed E-state index contributed by atoms with van der Waals surface area (Å²) in [6, 6.07) is 3.22. The monoisotopic (exact) mass is 230 g/mol. The summed E-state index contributed by atoms with van der Waals surface area (Å²) in [7, 11) is -4.37. The van der Waals surface area contributed by atoms with Gasteiger partial charge in [-0.1, -0.05) is 26.0 Å². The summed E-state index contributed by atoms with van der Waals surface area (Å²) in [5.41, 5.74) is 0.840. The number of benzene rings is 1. The fraction of sp³-hybridized carbons (Fsp3) is 0.400. The van der Waals surface area contributed by atoms with Crippen molar-refractivity contribution in [1.82, 2.24) is 0 Å². The fourth-order valence-electron chi connectivity index (χ4n) is 1.48. The van der Waals surface area contributed by atoms with E-state index in [1.165, 1.54) is 6.92 Å². The van der Waals surface area contributed by atoms with Gasteiger partial charge in [-0.15, -0.1) is 0 Å². The molecule has 0 amide bonds. The highest BCUT2D eigenvalue weighted by atomic mass is 32.2. The molecule has 84 valence electrons. The third-order valence-electron chi connectivity index (χ3n) is 2.24. The van der Waals surface area contributed by atoms with Gasteiger partial charge < -0.3 is 5.11 Å². The molecule has 0 saturated heterocycles. The number of aryl methyl sites for hydroxylation is 1. The lowest BCUT2D eigenvalue weighted by molar-refractivity contribution is 0.434. The van der Waals surface area contributed by atoms with Crippen molar-refractivity contribution in [1.29, 1.82) is 0 Å². The second-order valence-electron chi connectivity index (χ2n) is 3.78. The molecule has 0 spiro atoms. The van der Waals surface area contributed by atoms with Crippen LogP contribution >= 0.6 is 0 Å². The van der Waals surface area contributed by atoms with E-state index in [9.17, 15) is 13.5 Å². The Balaban J connectivity index is 3.59. The van der Waals surface area contributed by atoms with Crippen LogP contribution in [0.3, 0.4) is 0 Å². The van der Waals surface area contributed by atoms with E-state index in [1.807, 2.05) is 13.8 Å². The number of rotatable bonds is 2. The van der Waals surface area contributed by atoms with E-state index in [0.29, 0.717) is 11.1 Å². The maximum atomic E-state index is 11.0. The highest BCUT2D eigenvalue weighted by Gasteiger charge is 2.21. The van der Waals surface area contributed by atoms with Crippen molar-refractivity contribution in [3.8, 4) is 5.75 Å². The number of aromatic hydroxyl groups is 1. The van der Waals surface area contributed by atoms with Crippen LogP contribution < -0.4 is 0 Å². The Morgan fingerprint density at radius 3 is 2.20 bits per heavy atom. The summed E-state index contributed by atoms with van der Waals surface area (Å²) < 4.78 is 31.1. The number of phenolic OH excluding ortho intramolecular Hbond substituents is 1. The Labute approximate surface area is 89.3 Å². The van der Waals surface area contributed by atoms with Gasteiger partial charge in [-0.05, 0) is 24.0 Å². The molecule has 0 aromatic heterocycles. The summed E-state index contributed by atoms with van der Waals surface area (Å²) in [5, 5.41) is 9.74. The predicted molar refractivity (Wildman–Crippen MR) is 56.7 cm³/mol. The van der Waals surface area contributed by atoms with Gasteiger partial charge in [-0.2, -0.15) is 8.42 Å². The fourth-order valence-corrected chi connectivity index (χ4v) is 2.32. The van der Waals surface area contributed by atoms with Crippen molar-refractivity contribution in [3.05, 3.63) is 23.3 Å². The summed E-state index contributed by atoms with van der Waals surface area (Å²) in [6.45, 7) is 5.18. The van der Waals surface area contributed by atoms with Crippen molar-refractivity contribution in [2.24, 2.45) is 0 Å². The van der Waals surface area contributed by atoms with Gasteiger partial charge in [0, 0.05) is 0 Å². The van der Waals surface area contributed by atoms with Crippen molar-refractivity contribution >= 4 is 10.1 Å². The zero-order valence-corrected chi connectivity index (χ0v) is 9.67. The molecule has 0 aliphatic rings. The van der Waals surface area contributed by atoms with E-state index < -0.39 is 15.0 Å². The van der Waals surface area contributed by atoms with Crippen molar-refractivity contribution in [2.75, 3.05) is 0 Å². The lowest BCUT2D eigenvalue weighted by Gasteiger charge is -2.12. The zero-order chi connectivity index (χ0) is 11.8. The minimum atomic E-state index is -4.37. The lowest BCUT2D eigenvalue weighted by atomic mass is 10.0.